The lowest BCUT2D eigenvalue weighted by Crippen LogP contribution is -2.27. The number of furan rings is 1. The average molecular weight is 507 g/mol. The van der Waals surface area contributed by atoms with E-state index in [-0.39, 0.29) is 12.5 Å². The van der Waals surface area contributed by atoms with Crippen molar-refractivity contribution in [3.63, 3.8) is 0 Å². The van der Waals surface area contributed by atoms with E-state index < -0.39 is 11.9 Å². The summed E-state index contributed by atoms with van der Waals surface area (Å²) in [4.78, 5) is 38.8. The van der Waals surface area contributed by atoms with Crippen LogP contribution in [0.3, 0.4) is 0 Å². The number of nitrogens with zero attached hydrogens (tertiary/aromatic N) is 1. The van der Waals surface area contributed by atoms with Gasteiger partial charge in [-0.3, -0.25) is 14.5 Å². The van der Waals surface area contributed by atoms with Gasteiger partial charge in [-0.05, 0) is 50.2 Å². The highest BCUT2D eigenvalue weighted by atomic mass is 32.2. The first-order chi connectivity index (χ1) is 16.8. The molecule has 0 bridgehead atoms. The molecule has 3 aromatic rings. The smallest absolute Gasteiger partial charge is 0.338 e. The second-order valence-electron chi connectivity index (χ2n) is 7.70. The summed E-state index contributed by atoms with van der Waals surface area (Å²) < 4.78 is 11.5. The van der Waals surface area contributed by atoms with Gasteiger partial charge in [-0.1, -0.05) is 53.8 Å². The van der Waals surface area contributed by atoms with E-state index in [1.807, 2.05) is 26.0 Å². The number of carbonyl (C=O) groups excluding carboxylic acids is 3. The maximum Gasteiger partial charge on any atom is 0.338 e. The number of benzene rings is 2. The monoisotopic (exact) mass is 506 g/mol. The molecule has 0 unspecified atom stereocenters. The average Bonchev–Trinajstić information content (AvgIpc) is 3.43. The molecular formula is C26H22N2O5S2. The highest BCUT2D eigenvalue weighted by molar-refractivity contribution is 8.26. The van der Waals surface area contributed by atoms with Crippen molar-refractivity contribution in [2.45, 2.75) is 13.8 Å². The Hall–Kier alpha value is -3.69. The number of hydrogen-bond acceptors (Lipinski definition) is 7. The van der Waals surface area contributed by atoms with Crippen LogP contribution in [0.1, 0.15) is 28.6 Å². The quantitative estimate of drug-likeness (QED) is 0.265. The van der Waals surface area contributed by atoms with Gasteiger partial charge < -0.3 is 14.5 Å². The third-order valence-electron chi connectivity index (χ3n) is 5.16. The summed E-state index contributed by atoms with van der Waals surface area (Å²) in [5.41, 5.74) is 2.78. The minimum atomic E-state index is -0.603. The third-order valence-corrected chi connectivity index (χ3v) is 6.54. The number of carbonyl (C=O) groups is 3. The Bertz CT molecular complexity index is 1310. The van der Waals surface area contributed by atoms with E-state index in [0.717, 1.165) is 11.1 Å². The zero-order valence-electron chi connectivity index (χ0n) is 19.1. The maximum absolute atomic E-state index is 12.4. The van der Waals surface area contributed by atoms with E-state index in [4.69, 9.17) is 21.4 Å². The second-order valence-corrected chi connectivity index (χ2v) is 9.37. The lowest BCUT2D eigenvalue weighted by Gasteiger charge is -2.09. The van der Waals surface area contributed by atoms with Crippen LogP contribution in [0, 0.1) is 6.92 Å². The molecule has 1 aliphatic heterocycles. The molecule has 0 atom stereocenters. The molecule has 1 N–H and O–H groups in total. The molecule has 2 heterocycles. The van der Waals surface area contributed by atoms with E-state index in [1.165, 1.54) is 11.8 Å². The topological polar surface area (TPSA) is 88.8 Å². The molecule has 1 fully saturated rings. The third kappa shape index (κ3) is 5.87. The Balaban J connectivity index is 1.34. The molecule has 9 heteroatoms. The van der Waals surface area contributed by atoms with Gasteiger partial charge in [-0.25, -0.2) is 4.79 Å². The molecule has 0 aliphatic carbocycles. The van der Waals surface area contributed by atoms with Crippen LogP contribution in [0.25, 0.3) is 17.4 Å². The number of hydrogen-bond donors (Lipinski definition) is 1. The molecular weight excluding hydrogens is 484 g/mol. The molecule has 2 aromatic carbocycles. The number of rotatable bonds is 7. The first-order valence-electron chi connectivity index (χ1n) is 10.8. The van der Waals surface area contributed by atoms with Gasteiger partial charge in [0.25, 0.3) is 11.8 Å². The molecule has 1 saturated heterocycles. The standard InChI is InChI=1S/C26H22N2O5S2/c1-3-28-24(30)22(35-26(28)34)14-20-12-13-21(33-20)17-6-8-18(9-7-17)25(31)32-15-23(29)27-19-10-4-16(2)5-11-19/h4-14H,3,15H2,1-2H3,(H,27,29)/b22-14+. The number of aryl methyl sites for hydroxylation is 1. The Kier molecular flexibility index (Phi) is 7.48. The molecule has 1 aromatic heterocycles. The molecule has 0 saturated carbocycles. The summed E-state index contributed by atoms with van der Waals surface area (Å²) >= 11 is 6.48. The van der Waals surface area contributed by atoms with Crippen molar-refractivity contribution in [1.82, 2.24) is 4.90 Å². The summed E-state index contributed by atoms with van der Waals surface area (Å²) in [5, 5.41) is 2.68. The minimum absolute atomic E-state index is 0.129. The SMILES string of the molecule is CCN1C(=O)/C(=C\c2ccc(-c3ccc(C(=O)OCC(=O)Nc4ccc(C)cc4)cc3)o2)SC1=S. The van der Waals surface area contributed by atoms with E-state index in [1.54, 1.807) is 59.5 Å². The van der Waals surface area contributed by atoms with Crippen molar-refractivity contribution < 1.29 is 23.5 Å². The number of amides is 2. The van der Waals surface area contributed by atoms with E-state index in [9.17, 15) is 14.4 Å². The summed E-state index contributed by atoms with van der Waals surface area (Å²) in [6, 6.07) is 17.5. The van der Waals surface area contributed by atoms with Crippen LogP contribution in [-0.2, 0) is 14.3 Å². The molecule has 2 amide bonds. The normalized spacial score (nSPS) is 14.5. The van der Waals surface area contributed by atoms with Gasteiger partial charge in [0.1, 0.15) is 15.8 Å². The van der Waals surface area contributed by atoms with Crippen molar-refractivity contribution in [2.75, 3.05) is 18.5 Å². The molecule has 35 heavy (non-hydrogen) atoms. The van der Waals surface area contributed by atoms with E-state index in [0.29, 0.717) is 38.5 Å². The highest BCUT2D eigenvalue weighted by Gasteiger charge is 2.30. The fraction of sp³-hybridized carbons (Fsp3) is 0.154. The van der Waals surface area contributed by atoms with Crippen molar-refractivity contribution in [3.05, 3.63) is 82.5 Å². The Labute approximate surface area is 212 Å². The van der Waals surface area contributed by atoms with Gasteiger partial charge in [0, 0.05) is 23.9 Å². The first-order valence-corrected chi connectivity index (χ1v) is 12.1. The van der Waals surface area contributed by atoms with Crippen LogP contribution >= 0.6 is 24.0 Å². The molecule has 0 radical (unpaired) electrons. The second kappa shape index (κ2) is 10.7. The Morgan fingerprint density at radius 3 is 2.46 bits per heavy atom. The van der Waals surface area contributed by atoms with E-state index >= 15 is 0 Å². The Morgan fingerprint density at radius 1 is 1.09 bits per heavy atom. The molecule has 7 nitrogen and oxygen atoms in total. The fourth-order valence-corrected chi connectivity index (χ4v) is 4.67. The zero-order chi connectivity index (χ0) is 24.9. The summed E-state index contributed by atoms with van der Waals surface area (Å²) in [7, 11) is 0. The number of ether oxygens (including phenoxy) is 1. The number of nitrogens with one attached hydrogen (secondary N) is 1. The number of thiocarbonyl (C=S) groups is 1. The number of anilines is 1. The maximum atomic E-state index is 12.4. The largest absolute Gasteiger partial charge is 0.457 e. The minimum Gasteiger partial charge on any atom is -0.457 e. The van der Waals surface area contributed by atoms with Crippen molar-refractivity contribution in [1.29, 1.82) is 0 Å². The van der Waals surface area contributed by atoms with Gasteiger partial charge in [-0.15, -0.1) is 0 Å². The predicted octanol–water partition coefficient (Wildman–Crippen LogP) is 5.27. The fourth-order valence-electron chi connectivity index (χ4n) is 3.31. The van der Waals surface area contributed by atoms with Crippen LogP contribution in [0.15, 0.2) is 70.0 Å². The number of esters is 1. The zero-order valence-corrected chi connectivity index (χ0v) is 20.7. The van der Waals surface area contributed by atoms with E-state index in [2.05, 4.69) is 5.32 Å². The van der Waals surface area contributed by atoms with Gasteiger partial charge >= 0.3 is 5.97 Å². The van der Waals surface area contributed by atoms with Gasteiger partial charge in [0.05, 0.1) is 10.5 Å². The lowest BCUT2D eigenvalue weighted by molar-refractivity contribution is -0.122. The molecule has 0 spiro atoms. The van der Waals surface area contributed by atoms with Crippen LogP contribution in [0.5, 0.6) is 0 Å². The summed E-state index contributed by atoms with van der Waals surface area (Å²) in [5.74, 6) is -0.0402. The van der Waals surface area contributed by atoms with Crippen LogP contribution in [0.4, 0.5) is 5.69 Å². The van der Waals surface area contributed by atoms with Gasteiger partial charge in [-0.2, -0.15) is 0 Å². The number of thioether (sulfide) groups is 1. The Morgan fingerprint density at radius 2 is 1.80 bits per heavy atom. The molecule has 178 valence electrons. The van der Waals surface area contributed by atoms with Crippen molar-refractivity contribution in [3.8, 4) is 11.3 Å². The first kappa shape index (κ1) is 24.4. The lowest BCUT2D eigenvalue weighted by atomic mass is 10.1. The van der Waals surface area contributed by atoms with Crippen LogP contribution < -0.4 is 5.32 Å². The summed E-state index contributed by atoms with van der Waals surface area (Å²) in [6.45, 7) is 3.96. The van der Waals surface area contributed by atoms with Crippen LogP contribution in [0.2, 0.25) is 0 Å². The van der Waals surface area contributed by atoms with Gasteiger partial charge in [0.15, 0.2) is 6.61 Å². The predicted molar refractivity (Wildman–Crippen MR) is 140 cm³/mol. The van der Waals surface area contributed by atoms with Gasteiger partial charge in [0.2, 0.25) is 0 Å². The van der Waals surface area contributed by atoms with Crippen LogP contribution in [-0.4, -0.2) is 40.2 Å². The number of likely N-dealkylation sites (N-methyl/N-ethyl adjacent to an activating group) is 1. The summed E-state index contributed by atoms with van der Waals surface area (Å²) in [6.07, 6.45) is 1.67. The van der Waals surface area contributed by atoms with Crippen molar-refractivity contribution in [2.24, 2.45) is 0 Å². The molecule has 1 aliphatic rings. The highest BCUT2D eigenvalue weighted by Crippen LogP contribution is 2.33. The molecule has 4 rings (SSSR count). The van der Waals surface area contributed by atoms with Crippen molar-refractivity contribution >= 4 is 57.8 Å².